The van der Waals surface area contributed by atoms with Crippen LogP contribution in [-0.4, -0.2) is 39.2 Å². The molecule has 28 heavy (non-hydrogen) atoms. The van der Waals surface area contributed by atoms with Gasteiger partial charge in [0.2, 0.25) is 0 Å². The van der Waals surface area contributed by atoms with Crippen LogP contribution in [0, 0.1) is 0 Å². The van der Waals surface area contributed by atoms with Crippen LogP contribution in [-0.2, 0) is 11.3 Å². The van der Waals surface area contributed by atoms with E-state index in [2.05, 4.69) is 5.32 Å². The van der Waals surface area contributed by atoms with Crippen LogP contribution in [0.3, 0.4) is 0 Å². The van der Waals surface area contributed by atoms with E-state index in [1.54, 1.807) is 0 Å². The quantitative estimate of drug-likeness (QED) is 0.726. The van der Waals surface area contributed by atoms with E-state index in [4.69, 9.17) is 20.4 Å². The summed E-state index contributed by atoms with van der Waals surface area (Å²) in [4.78, 5) is 22.7. The number of ether oxygens (including phenoxy) is 1. The van der Waals surface area contributed by atoms with Gasteiger partial charge in [-0.15, -0.1) is 0 Å². The SMILES string of the molecule is Nc1c(C(=O)NC2CCCC2)c2nc3ccccc3nc2n1C[C@H]1CCCO1. The first-order chi connectivity index (χ1) is 13.7. The molecule has 1 amide bonds. The molecule has 3 heterocycles. The van der Waals surface area contributed by atoms with Crippen LogP contribution in [0.25, 0.3) is 22.2 Å². The summed E-state index contributed by atoms with van der Waals surface area (Å²) in [5.41, 5.74) is 9.73. The Morgan fingerprint density at radius 2 is 1.89 bits per heavy atom. The van der Waals surface area contributed by atoms with Crippen molar-refractivity contribution in [1.29, 1.82) is 0 Å². The summed E-state index contributed by atoms with van der Waals surface area (Å²) in [6.07, 6.45) is 6.50. The van der Waals surface area contributed by atoms with Gasteiger partial charge < -0.3 is 20.4 Å². The van der Waals surface area contributed by atoms with Gasteiger partial charge in [0.15, 0.2) is 5.65 Å². The number of nitrogens with one attached hydrogen (secondary N) is 1. The lowest BCUT2D eigenvalue weighted by molar-refractivity contribution is 0.0935. The van der Waals surface area contributed by atoms with Crippen molar-refractivity contribution in [2.45, 2.75) is 57.2 Å². The average Bonchev–Trinajstić information content (AvgIpc) is 3.43. The molecule has 0 bridgehead atoms. The smallest absolute Gasteiger partial charge is 0.257 e. The maximum atomic E-state index is 13.1. The Morgan fingerprint density at radius 1 is 1.14 bits per heavy atom. The largest absolute Gasteiger partial charge is 0.384 e. The van der Waals surface area contributed by atoms with Gasteiger partial charge in [0, 0.05) is 12.6 Å². The maximum absolute atomic E-state index is 13.1. The second-order valence-corrected chi connectivity index (χ2v) is 7.85. The minimum absolute atomic E-state index is 0.0944. The number of aromatic nitrogens is 3. The first-order valence-corrected chi connectivity index (χ1v) is 10.2. The highest BCUT2D eigenvalue weighted by atomic mass is 16.5. The second-order valence-electron chi connectivity index (χ2n) is 7.85. The number of nitrogen functional groups attached to an aromatic ring is 1. The summed E-state index contributed by atoms with van der Waals surface area (Å²) < 4.78 is 7.71. The molecule has 1 aliphatic carbocycles. The van der Waals surface area contributed by atoms with Crippen LogP contribution in [0.1, 0.15) is 48.9 Å². The molecule has 0 spiro atoms. The van der Waals surface area contributed by atoms with Gasteiger partial charge in [0.05, 0.1) is 23.7 Å². The second kappa shape index (κ2) is 7.05. The molecule has 3 N–H and O–H groups in total. The molecule has 7 heteroatoms. The summed E-state index contributed by atoms with van der Waals surface area (Å²) in [6.45, 7) is 1.36. The van der Waals surface area contributed by atoms with E-state index in [9.17, 15) is 4.79 Å². The highest BCUT2D eigenvalue weighted by molar-refractivity contribution is 6.10. The molecule has 1 aromatic carbocycles. The number of fused-ring (bicyclic) bond motifs is 2. The van der Waals surface area contributed by atoms with Crippen molar-refractivity contribution in [3.8, 4) is 0 Å². The van der Waals surface area contributed by atoms with Gasteiger partial charge in [-0.25, -0.2) is 9.97 Å². The fourth-order valence-electron chi connectivity index (χ4n) is 4.45. The van der Waals surface area contributed by atoms with E-state index in [1.807, 2.05) is 28.8 Å². The molecule has 1 aliphatic heterocycles. The molecular weight excluding hydrogens is 354 g/mol. The number of nitrogens with two attached hydrogens (primary N) is 1. The predicted molar refractivity (Wildman–Crippen MR) is 108 cm³/mol. The average molecular weight is 379 g/mol. The van der Waals surface area contributed by atoms with Gasteiger partial charge in [0.1, 0.15) is 16.9 Å². The third kappa shape index (κ3) is 2.99. The molecule has 0 unspecified atom stereocenters. The van der Waals surface area contributed by atoms with Crippen molar-refractivity contribution >= 4 is 33.9 Å². The number of anilines is 1. The summed E-state index contributed by atoms with van der Waals surface area (Å²) in [5.74, 6) is 0.279. The summed E-state index contributed by atoms with van der Waals surface area (Å²) >= 11 is 0. The number of carbonyl (C=O) groups excluding carboxylic acids is 1. The minimum Gasteiger partial charge on any atom is -0.384 e. The number of hydrogen-bond acceptors (Lipinski definition) is 5. The lowest BCUT2D eigenvalue weighted by Crippen LogP contribution is -2.33. The number of benzene rings is 1. The van der Waals surface area contributed by atoms with Gasteiger partial charge >= 0.3 is 0 Å². The number of carbonyl (C=O) groups is 1. The van der Waals surface area contributed by atoms with Gasteiger partial charge in [0.25, 0.3) is 5.91 Å². The summed E-state index contributed by atoms with van der Waals surface area (Å²) in [6, 6.07) is 7.92. The van der Waals surface area contributed by atoms with Gasteiger partial charge in [-0.3, -0.25) is 4.79 Å². The van der Waals surface area contributed by atoms with Crippen molar-refractivity contribution in [3.05, 3.63) is 29.8 Å². The Hall–Kier alpha value is -2.67. The zero-order chi connectivity index (χ0) is 19.1. The molecular formula is C21H25N5O2. The Kier molecular flexibility index (Phi) is 4.39. The maximum Gasteiger partial charge on any atom is 0.257 e. The normalized spacial score (nSPS) is 20.4. The number of para-hydroxylation sites is 2. The molecule has 1 saturated heterocycles. The molecule has 2 fully saturated rings. The number of amides is 1. The molecule has 1 saturated carbocycles. The van der Waals surface area contributed by atoms with Crippen LogP contribution in [0.2, 0.25) is 0 Å². The van der Waals surface area contributed by atoms with E-state index in [0.717, 1.165) is 56.2 Å². The fraction of sp³-hybridized carbons (Fsp3) is 0.476. The Labute approximate surface area is 163 Å². The van der Waals surface area contributed by atoms with E-state index in [0.29, 0.717) is 29.1 Å². The van der Waals surface area contributed by atoms with Crippen LogP contribution in [0.5, 0.6) is 0 Å². The van der Waals surface area contributed by atoms with Crippen LogP contribution < -0.4 is 11.1 Å². The van der Waals surface area contributed by atoms with E-state index >= 15 is 0 Å². The third-order valence-corrected chi connectivity index (χ3v) is 5.92. The lowest BCUT2D eigenvalue weighted by atomic mass is 10.2. The standard InChI is InChI=1S/C21H25N5O2/c22-19-17(21(27)23-13-6-1-2-7-13)18-20(26(19)12-14-8-5-11-28-14)25-16-10-4-3-9-15(16)24-18/h3-4,9-10,13-14H,1-2,5-8,11-12,22H2,(H,23,27)/t14-/m1/s1. The molecule has 1 atom stereocenters. The fourth-order valence-corrected chi connectivity index (χ4v) is 4.45. The van der Waals surface area contributed by atoms with Gasteiger partial charge in [-0.05, 0) is 37.8 Å². The zero-order valence-electron chi connectivity index (χ0n) is 15.9. The molecule has 2 aliphatic rings. The Balaban J connectivity index is 1.63. The predicted octanol–water partition coefficient (Wildman–Crippen LogP) is 3.02. The summed E-state index contributed by atoms with van der Waals surface area (Å²) in [7, 11) is 0. The molecule has 3 aromatic rings. The van der Waals surface area contributed by atoms with Crippen molar-refractivity contribution in [2.75, 3.05) is 12.3 Å². The summed E-state index contributed by atoms with van der Waals surface area (Å²) in [5, 5.41) is 3.15. The van der Waals surface area contributed by atoms with Crippen molar-refractivity contribution < 1.29 is 9.53 Å². The molecule has 7 nitrogen and oxygen atoms in total. The van der Waals surface area contributed by atoms with Crippen molar-refractivity contribution in [3.63, 3.8) is 0 Å². The van der Waals surface area contributed by atoms with E-state index < -0.39 is 0 Å². The number of hydrogen-bond donors (Lipinski definition) is 2. The monoisotopic (exact) mass is 379 g/mol. The number of nitrogens with zero attached hydrogens (tertiary/aromatic N) is 3. The lowest BCUT2D eigenvalue weighted by Gasteiger charge is -2.14. The Morgan fingerprint density at radius 3 is 2.61 bits per heavy atom. The van der Waals surface area contributed by atoms with E-state index in [-0.39, 0.29) is 18.1 Å². The van der Waals surface area contributed by atoms with Crippen molar-refractivity contribution in [2.24, 2.45) is 0 Å². The third-order valence-electron chi connectivity index (χ3n) is 5.92. The number of rotatable bonds is 4. The van der Waals surface area contributed by atoms with Gasteiger partial charge in [-0.2, -0.15) is 0 Å². The minimum atomic E-state index is -0.148. The topological polar surface area (TPSA) is 95.1 Å². The molecule has 0 radical (unpaired) electrons. The zero-order valence-corrected chi connectivity index (χ0v) is 15.9. The first kappa shape index (κ1) is 17.4. The highest BCUT2D eigenvalue weighted by Gasteiger charge is 2.28. The van der Waals surface area contributed by atoms with Gasteiger partial charge in [-0.1, -0.05) is 25.0 Å². The molecule has 5 rings (SSSR count). The highest BCUT2D eigenvalue weighted by Crippen LogP contribution is 2.30. The molecule has 146 valence electrons. The van der Waals surface area contributed by atoms with Crippen LogP contribution >= 0.6 is 0 Å². The van der Waals surface area contributed by atoms with Crippen LogP contribution in [0.4, 0.5) is 5.82 Å². The van der Waals surface area contributed by atoms with Crippen LogP contribution in [0.15, 0.2) is 24.3 Å². The van der Waals surface area contributed by atoms with Crippen molar-refractivity contribution in [1.82, 2.24) is 19.9 Å². The first-order valence-electron chi connectivity index (χ1n) is 10.2. The molecule has 2 aromatic heterocycles. The Bertz CT molecular complexity index is 1030. The van der Waals surface area contributed by atoms with E-state index in [1.165, 1.54) is 0 Å².